The lowest BCUT2D eigenvalue weighted by molar-refractivity contribution is -0.143. The number of aliphatic hydroxyl groups excluding tert-OH is 1. The highest BCUT2D eigenvalue weighted by Crippen LogP contribution is 2.21. The second-order valence-electron chi connectivity index (χ2n) is 6.08. The van der Waals surface area contributed by atoms with E-state index in [-0.39, 0.29) is 24.3 Å². The van der Waals surface area contributed by atoms with Gasteiger partial charge in [0.05, 0.1) is 24.8 Å². The summed E-state index contributed by atoms with van der Waals surface area (Å²) in [6.07, 6.45) is 3.49. The Morgan fingerprint density at radius 1 is 1.48 bits per heavy atom. The minimum atomic E-state index is -0.792. The second-order valence-corrected chi connectivity index (χ2v) is 6.08. The van der Waals surface area contributed by atoms with E-state index in [1.165, 1.54) is 12.3 Å². The van der Waals surface area contributed by atoms with Crippen molar-refractivity contribution in [2.24, 2.45) is 5.92 Å². The van der Waals surface area contributed by atoms with E-state index in [1.54, 1.807) is 4.57 Å². The molecule has 1 aliphatic heterocycles. The summed E-state index contributed by atoms with van der Waals surface area (Å²) in [5.74, 6) is -1.52. The summed E-state index contributed by atoms with van der Waals surface area (Å²) in [6.45, 7) is 3.47. The van der Waals surface area contributed by atoms with Crippen molar-refractivity contribution in [1.82, 2.24) is 9.47 Å². The molecule has 1 fully saturated rings. The van der Waals surface area contributed by atoms with Crippen LogP contribution in [0.25, 0.3) is 0 Å². The third-order valence-electron chi connectivity index (χ3n) is 4.46. The molecule has 23 heavy (non-hydrogen) atoms. The number of carbonyl (C=O) groups is 1. The lowest BCUT2D eigenvalue weighted by atomic mass is 9.98. The lowest BCUT2D eigenvalue weighted by Gasteiger charge is -2.32. The van der Waals surface area contributed by atoms with Crippen molar-refractivity contribution in [3.05, 3.63) is 28.2 Å². The van der Waals surface area contributed by atoms with E-state index in [9.17, 15) is 24.9 Å². The topological polar surface area (TPSA) is 103 Å². The summed E-state index contributed by atoms with van der Waals surface area (Å²) < 4.78 is 1.72. The van der Waals surface area contributed by atoms with E-state index in [0.29, 0.717) is 31.6 Å². The zero-order chi connectivity index (χ0) is 17.0. The molecule has 0 radical (unpaired) electrons. The molecule has 128 valence electrons. The molecule has 2 rings (SSSR count). The molecule has 0 saturated carbocycles. The van der Waals surface area contributed by atoms with Crippen LogP contribution in [0.2, 0.25) is 0 Å². The van der Waals surface area contributed by atoms with Gasteiger partial charge in [-0.2, -0.15) is 0 Å². The van der Waals surface area contributed by atoms with Gasteiger partial charge in [0.15, 0.2) is 5.75 Å². The van der Waals surface area contributed by atoms with Crippen LogP contribution in [0.1, 0.15) is 37.9 Å². The fraction of sp³-hybridized carbons (Fsp3) is 0.625. The quantitative estimate of drug-likeness (QED) is 0.715. The third kappa shape index (κ3) is 4.11. The molecule has 1 aromatic rings. The van der Waals surface area contributed by atoms with Crippen molar-refractivity contribution in [1.29, 1.82) is 0 Å². The van der Waals surface area contributed by atoms with E-state index in [0.717, 1.165) is 13.0 Å². The second kappa shape index (κ2) is 7.61. The molecular weight excluding hydrogens is 300 g/mol. The Labute approximate surface area is 134 Å². The number of rotatable bonds is 6. The van der Waals surface area contributed by atoms with Gasteiger partial charge in [-0.15, -0.1) is 0 Å². The van der Waals surface area contributed by atoms with Crippen LogP contribution in [-0.2, 0) is 11.3 Å². The molecule has 0 bridgehead atoms. The Morgan fingerprint density at radius 2 is 2.22 bits per heavy atom. The van der Waals surface area contributed by atoms with Gasteiger partial charge in [-0.25, -0.2) is 0 Å². The first kappa shape index (κ1) is 17.5. The molecule has 1 saturated heterocycles. The first-order valence-electron chi connectivity index (χ1n) is 7.96. The summed E-state index contributed by atoms with van der Waals surface area (Å²) in [7, 11) is 0. The van der Waals surface area contributed by atoms with Crippen LogP contribution in [0, 0.1) is 5.92 Å². The third-order valence-corrected chi connectivity index (χ3v) is 4.46. The molecule has 7 heteroatoms. The molecule has 2 atom stereocenters. The molecule has 3 N–H and O–H groups in total. The Hall–Kier alpha value is -1.86. The van der Waals surface area contributed by atoms with E-state index >= 15 is 0 Å². The molecule has 1 aliphatic rings. The molecule has 2 unspecified atom stereocenters. The average Bonchev–Trinajstić information content (AvgIpc) is 2.53. The van der Waals surface area contributed by atoms with Crippen molar-refractivity contribution in [3.8, 4) is 5.75 Å². The number of carboxylic acids is 1. The normalized spacial score (nSPS) is 20.3. The highest BCUT2D eigenvalue weighted by molar-refractivity contribution is 5.70. The number of aliphatic carboxylic acids is 1. The number of aliphatic hydroxyl groups is 1. The smallest absolute Gasteiger partial charge is 0.307 e. The van der Waals surface area contributed by atoms with Gasteiger partial charge < -0.3 is 19.9 Å². The van der Waals surface area contributed by atoms with E-state index < -0.39 is 11.4 Å². The van der Waals surface area contributed by atoms with Gasteiger partial charge in [0.25, 0.3) is 0 Å². The average molecular weight is 324 g/mol. The first-order chi connectivity index (χ1) is 11.0. The monoisotopic (exact) mass is 324 g/mol. The maximum absolute atomic E-state index is 11.8. The summed E-state index contributed by atoms with van der Waals surface area (Å²) in [5.41, 5.74) is 0.218. The van der Waals surface area contributed by atoms with Gasteiger partial charge in [-0.1, -0.05) is 6.92 Å². The number of nitrogens with zero attached hydrogens (tertiary/aromatic N) is 2. The van der Waals surface area contributed by atoms with Gasteiger partial charge in [-0.3, -0.25) is 14.5 Å². The van der Waals surface area contributed by atoms with E-state index in [4.69, 9.17) is 0 Å². The molecule has 1 aromatic heterocycles. The maximum Gasteiger partial charge on any atom is 0.307 e. The van der Waals surface area contributed by atoms with Gasteiger partial charge in [0, 0.05) is 24.8 Å². The van der Waals surface area contributed by atoms with Crippen LogP contribution in [0.15, 0.2) is 17.1 Å². The van der Waals surface area contributed by atoms with Crippen LogP contribution in [-0.4, -0.2) is 50.5 Å². The SMILES string of the molecule is CCC(CO)n1cc(O)c(=O)cc1CN1CCCC(C(=O)O)C1. The Morgan fingerprint density at radius 3 is 2.83 bits per heavy atom. The van der Waals surface area contributed by atoms with Gasteiger partial charge >= 0.3 is 5.97 Å². The molecule has 0 aromatic carbocycles. The van der Waals surface area contributed by atoms with Crippen molar-refractivity contribution < 1.29 is 20.1 Å². The number of carboxylic acid groups (broad SMARTS) is 1. The number of aromatic nitrogens is 1. The Bertz CT molecular complexity index is 609. The number of likely N-dealkylation sites (tertiary alicyclic amines) is 1. The Kier molecular flexibility index (Phi) is 5.79. The summed E-state index contributed by atoms with van der Waals surface area (Å²) in [6, 6.07) is 1.15. The summed E-state index contributed by atoms with van der Waals surface area (Å²) >= 11 is 0. The fourth-order valence-corrected chi connectivity index (χ4v) is 3.09. The number of piperidine rings is 1. The van der Waals surface area contributed by atoms with Crippen molar-refractivity contribution in [2.75, 3.05) is 19.7 Å². The minimum absolute atomic E-state index is 0.0937. The largest absolute Gasteiger partial charge is 0.503 e. The number of hydrogen-bond acceptors (Lipinski definition) is 5. The molecule has 7 nitrogen and oxygen atoms in total. The first-order valence-corrected chi connectivity index (χ1v) is 7.96. The van der Waals surface area contributed by atoms with Crippen LogP contribution >= 0.6 is 0 Å². The van der Waals surface area contributed by atoms with Crippen LogP contribution in [0.5, 0.6) is 5.75 Å². The zero-order valence-electron chi connectivity index (χ0n) is 13.3. The van der Waals surface area contributed by atoms with Gasteiger partial charge in [-0.05, 0) is 25.8 Å². The minimum Gasteiger partial charge on any atom is -0.503 e. The predicted octanol–water partition coefficient (Wildman–Crippen LogP) is 0.794. The highest BCUT2D eigenvalue weighted by Gasteiger charge is 2.26. The molecule has 0 aliphatic carbocycles. The van der Waals surface area contributed by atoms with Gasteiger partial charge in [0.1, 0.15) is 0 Å². The summed E-state index contributed by atoms with van der Waals surface area (Å²) in [5, 5.41) is 28.4. The van der Waals surface area contributed by atoms with Gasteiger partial charge in [0.2, 0.25) is 5.43 Å². The fourth-order valence-electron chi connectivity index (χ4n) is 3.09. The van der Waals surface area contributed by atoms with Crippen LogP contribution < -0.4 is 5.43 Å². The lowest BCUT2D eigenvalue weighted by Crippen LogP contribution is -2.39. The number of aromatic hydroxyl groups is 1. The van der Waals surface area contributed by atoms with E-state index in [2.05, 4.69) is 0 Å². The molecular formula is C16H24N2O5. The van der Waals surface area contributed by atoms with Crippen LogP contribution in [0.3, 0.4) is 0 Å². The number of hydrogen-bond donors (Lipinski definition) is 3. The molecule has 2 heterocycles. The van der Waals surface area contributed by atoms with Crippen molar-refractivity contribution in [3.63, 3.8) is 0 Å². The van der Waals surface area contributed by atoms with Crippen LogP contribution in [0.4, 0.5) is 0 Å². The zero-order valence-corrected chi connectivity index (χ0v) is 13.3. The maximum atomic E-state index is 11.8. The number of pyridine rings is 1. The highest BCUT2D eigenvalue weighted by atomic mass is 16.4. The molecule has 0 spiro atoms. The Balaban J connectivity index is 2.26. The van der Waals surface area contributed by atoms with Crippen molar-refractivity contribution >= 4 is 5.97 Å². The standard InChI is InChI=1S/C16H24N2O5/c1-2-12(10-19)18-9-15(21)14(20)6-13(18)8-17-5-3-4-11(7-17)16(22)23/h6,9,11-12,19,21H,2-5,7-8,10H2,1H3,(H,22,23). The van der Waals surface area contributed by atoms with E-state index in [1.807, 2.05) is 11.8 Å². The molecule has 0 amide bonds. The van der Waals surface area contributed by atoms with Crippen molar-refractivity contribution in [2.45, 2.75) is 38.8 Å². The predicted molar refractivity (Wildman–Crippen MR) is 84.4 cm³/mol. The summed E-state index contributed by atoms with van der Waals surface area (Å²) in [4.78, 5) is 24.9.